The molecule has 1 aliphatic heterocycles. The van der Waals surface area contributed by atoms with Crippen LogP contribution < -0.4 is 16.4 Å². The Morgan fingerprint density at radius 2 is 2.31 bits per heavy atom. The van der Waals surface area contributed by atoms with Crippen LogP contribution >= 0.6 is 0 Å². The zero-order valence-corrected chi connectivity index (χ0v) is 8.92. The first-order valence-electron chi connectivity index (χ1n) is 5.11. The molecule has 1 aromatic heterocycles. The number of fused-ring (bicyclic) bond motifs is 1. The summed E-state index contributed by atoms with van der Waals surface area (Å²) in [5.74, 6) is 0.335. The van der Waals surface area contributed by atoms with Crippen molar-refractivity contribution in [1.29, 1.82) is 0 Å². The number of amides is 1. The number of carbonyl (C=O) groups is 1. The van der Waals surface area contributed by atoms with Crippen LogP contribution in [0.5, 0.6) is 0 Å². The van der Waals surface area contributed by atoms with Gasteiger partial charge in [-0.2, -0.15) is 0 Å². The second kappa shape index (κ2) is 4.32. The number of nitrogens with zero attached hydrogens (tertiary/aromatic N) is 1. The Morgan fingerprint density at radius 3 is 3.06 bits per heavy atom. The molecule has 2 rings (SSSR count). The number of pyridine rings is 1. The minimum atomic E-state index is -0.517. The van der Waals surface area contributed by atoms with E-state index in [0.717, 1.165) is 31.0 Å². The summed E-state index contributed by atoms with van der Waals surface area (Å²) in [6.45, 7) is 6.11. The van der Waals surface area contributed by atoms with Gasteiger partial charge in [0.2, 0.25) is 5.91 Å². The van der Waals surface area contributed by atoms with E-state index in [-0.39, 0.29) is 0 Å². The molecule has 0 fully saturated rings. The molecule has 1 aromatic rings. The minimum Gasteiger partial charge on any atom is -0.369 e. The molecular weight excluding hydrogens is 204 g/mol. The lowest BCUT2D eigenvalue weighted by atomic mass is 10.1. The minimum absolute atomic E-state index is 0.291. The van der Waals surface area contributed by atoms with Gasteiger partial charge >= 0.3 is 0 Å². The van der Waals surface area contributed by atoms with Crippen molar-refractivity contribution in [2.75, 3.05) is 18.4 Å². The molecule has 5 nitrogen and oxygen atoms in total. The summed E-state index contributed by atoms with van der Waals surface area (Å²) >= 11 is 0. The van der Waals surface area contributed by atoms with Crippen molar-refractivity contribution in [3.63, 3.8) is 0 Å². The van der Waals surface area contributed by atoms with Gasteiger partial charge < -0.3 is 16.4 Å². The summed E-state index contributed by atoms with van der Waals surface area (Å²) in [5, 5.41) is 6.45. The van der Waals surface area contributed by atoms with Crippen molar-refractivity contribution >= 4 is 17.3 Å². The maximum Gasteiger partial charge on any atom is 0.248 e. The van der Waals surface area contributed by atoms with E-state index < -0.39 is 5.91 Å². The van der Waals surface area contributed by atoms with E-state index in [2.05, 4.69) is 22.2 Å². The van der Waals surface area contributed by atoms with E-state index in [0.29, 0.717) is 11.1 Å². The van der Waals surface area contributed by atoms with Crippen LogP contribution in [0.1, 0.15) is 11.1 Å². The maximum atomic E-state index is 11.0. The van der Waals surface area contributed by atoms with Crippen LogP contribution in [0.3, 0.4) is 0 Å². The average molecular weight is 218 g/mol. The summed E-state index contributed by atoms with van der Waals surface area (Å²) in [7, 11) is 0. The Labute approximate surface area is 93.7 Å². The molecule has 16 heavy (non-hydrogen) atoms. The third-order valence-corrected chi connectivity index (χ3v) is 2.52. The molecule has 0 bridgehead atoms. The number of carbonyl (C=O) groups excluding carboxylic acids is 1. The Balaban J connectivity index is 2.34. The van der Waals surface area contributed by atoms with Gasteiger partial charge in [0.15, 0.2) is 0 Å². The number of primary amides is 1. The number of aromatic nitrogens is 1. The molecule has 2 heterocycles. The Kier molecular flexibility index (Phi) is 2.87. The molecule has 0 aromatic carbocycles. The molecule has 0 unspecified atom stereocenters. The average Bonchev–Trinajstić information content (AvgIpc) is 2.51. The molecule has 0 radical (unpaired) electrons. The summed E-state index contributed by atoms with van der Waals surface area (Å²) < 4.78 is 0. The molecule has 0 saturated heterocycles. The fourth-order valence-corrected chi connectivity index (χ4v) is 1.60. The fourth-order valence-electron chi connectivity index (χ4n) is 1.60. The van der Waals surface area contributed by atoms with Crippen LogP contribution in [0.15, 0.2) is 18.8 Å². The van der Waals surface area contributed by atoms with Gasteiger partial charge in [0.25, 0.3) is 0 Å². The van der Waals surface area contributed by atoms with E-state index in [9.17, 15) is 4.79 Å². The first kappa shape index (κ1) is 10.6. The summed E-state index contributed by atoms with van der Waals surface area (Å²) in [4.78, 5) is 15.3. The van der Waals surface area contributed by atoms with E-state index in [1.165, 1.54) is 0 Å². The first-order valence-corrected chi connectivity index (χ1v) is 5.11. The van der Waals surface area contributed by atoms with Crippen molar-refractivity contribution in [2.45, 2.75) is 6.54 Å². The lowest BCUT2D eigenvalue weighted by Crippen LogP contribution is -2.17. The normalized spacial score (nSPS) is 14.5. The van der Waals surface area contributed by atoms with Gasteiger partial charge in [-0.25, -0.2) is 4.98 Å². The standard InChI is InChI=1S/C11H14N4O/c1-7(10(12)16)8-4-9-5-13-2-3-14-11(9)15-6-8/h4,6,13H,1-3,5H2,(H2,12,16)(H,14,15). The number of hydrogen-bond donors (Lipinski definition) is 3. The Hall–Kier alpha value is -1.88. The third kappa shape index (κ3) is 2.04. The highest BCUT2D eigenvalue weighted by Crippen LogP contribution is 2.19. The van der Waals surface area contributed by atoms with Crippen molar-refractivity contribution in [3.8, 4) is 0 Å². The molecule has 4 N–H and O–H groups in total. The highest BCUT2D eigenvalue weighted by atomic mass is 16.1. The summed E-state index contributed by atoms with van der Waals surface area (Å²) in [6, 6.07) is 1.89. The lowest BCUT2D eigenvalue weighted by molar-refractivity contribution is -0.112. The fraction of sp³-hybridized carbons (Fsp3) is 0.273. The topological polar surface area (TPSA) is 80.0 Å². The Morgan fingerprint density at radius 1 is 1.50 bits per heavy atom. The monoisotopic (exact) mass is 218 g/mol. The van der Waals surface area contributed by atoms with Crippen LogP contribution in [0.25, 0.3) is 5.57 Å². The maximum absolute atomic E-state index is 11.0. The second-order valence-electron chi connectivity index (χ2n) is 3.68. The molecular formula is C11H14N4O. The predicted molar refractivity (Wildman–Crippen MR) is 62.7 cm³/mol. The molecule has 5 heteroatoms. The summed E-state index contributed by atoms with van der Waals surface area (Å²) in [6.07, 6.45) is 1.62. The van der Waals surface area contributed by atoms with Gasteiger partial charge in [-0.05, 0) is 6.07 Å². The van der Waals surface area contributed by atoms with Crippen LogP contribution in [0.4, 0.5) is 5.82 Å². The van der Waals surface area contributed by atoms with Crippen molar-refractivity contribution in [2.24, 2.45) is 5.73 Å². The lowest BCUT2D eigenvalue weighted by Gasteiger charge is -2.08. The van der Waals surface area contributed by atoms with Crippen LogP contribution in [-0.2, 0) is 11.3 Å². The highest BCUT2D eigenvalue weighted by molar-refractivity contribution is 6.17. The smallest absolute Gasteiger partial charge is 0.248 e. The van der Waals surface area contributed by atoms with Gasteiger partial charge in [-0.15, -0.1) is 0 Å². The largest absolute Gasteiger partial charge is 0.369 e. The zero-order valence-electron chi connectivity index (χ0n) is 8.92. The van der Waals surface area contributed by atoms with Crippen LogP contribution in [-0.4, -0.2) is 24.0 Å². The third-order valence-electron chi connectivity index (χ3n) is 2.52. The van der Waals surface area contributed by atoms with Gasteiger partial charge in [-0.1, -0.05) is 6.58 Å². The zero-order chi connectivity index (χ0) is 11.5. The van der Waals surface area contributed by atoms with Crippen LogP contribution in [0.2, 0.25) is 0 Å². The van der Waals surface area contributed by atoms with Gasteiger partial charge in [0.05, 0.1) is 0 Å². The number of nitrogens with two attached hydrogens (primary N) is 1. The molecule has 84 valence electrons. The molecule has 0 atom stereocenters. The molecule has 1 aliphatic rings. The van der Waals surface area contributed by atoms with Crippen molar-refractivity contribution < 1.29 is 4.79 Å². The quantitative estimate of drug-likeness (QED) is 0.615. The van der Waals surface area contributed by atoms with Gasteiger partial charge in [0, 0.05) is 42.5 Å². The molecule has 1 amide bonds. The van der Waals surface area contributed by atoms with Crippen molar-refractivity contribution in [1.82, 2.24) is 10.3 Å². The molecule has 0 saturated carbocycles. The van der Waals surface area contributed by atoms with E-state index in [4.69, 9.17) is 5.73 Å². The SMILES string of the molecule is C=C(C(N)=O)c1cnc2c(c1)CNCCN2. The number of nitrogens with one attached hydrogen (secondary N) is 2. The van der Waals surface area contributed by atoms with E-state index in [1.807, 2.05) is 6.07 Å². The first-order chi connectivity index (χ1) is 7.68. The van der Waals surface area contributed by atoms with Crippen LogP contribution in [0, 0.1) is 0 Å². The van der Waals surface area contributed by atoms with E-state index in [1.54, 1.807) is 6.20 Å². The number of hydrogen-bond acceptors (Lipinski definition) is 4. The summed E-state index contributed by atoms with van der Waals surface area (Å²) in [5.41, 5.74) is 7.17. The highest BCUT2D eigenvalue weighted by Gasteiger charge is 2.11. The van der Waals surface area contributed by atoms with Gasteiger partial charge in [-0.3, -0.25) is 4.79 Å². The van der Waals surface area contributed by atoms with Gasteiger partial charge in [0.1, 0.15) is 5.82 Å². The second-order valence-corrected chi connectivity index (χ2v) is 3.68. The Bertz CT molecular complexity index is 442. The van der Waals surface area contributed by atoms with Crippen molar-refractivity contribution in [3.05, 3.63) is 30.0 Å². The number of anilines is 1. The molecule has 0 spiro atoms. The number of rotatable bonds is 2. The van der Waals surface area contributed by atoms with E-state index >= 15 is 0 Å². The molecule has 0 aliphatic carbocycles. The predicted octanol–water partition coefficient (Wildman–Crippen LogP) is 0.0952.